The fourth-order valence-electron chi connectivity index (χ4n) is 4.26. The molecule has 2 aliphatic heterocycles. The molecular formula is C21H24N6O. The number of nitrogens with zero attached hydrogens (tertiary/aromatic N) is 5. The molecule has 0 amide bonds. The van der Waals surface area contributed by atoms with Gasteiger partial charge in [-0.2, -0.15) is 5.10 Å². The fourth-order valence-corrected chi connectivity index (χ4v) is 4.26. The lowest BCUT2D eigenvalue weighted by molar-refractivity contribution is 0.239. The van der Waals surface area contributed by atoms with Crippen molar-refractivity contribution in [1.82, 2.24) is 24.6 Å². The molecule has 0 fully saturated rings. The molecule has 2 aliphatic rings. The minimum Gasteiger partial charge on any atom is -0.305 e. The number of rotatable bonds is 3. The number of hydrogen-bond acceptors (Lipinski definition) is 5. The van der Waals surface area contributed by atoms with Crippen molar-refractivity contribution in [3.8, 4) is 0 Å². The Kier molecular flexibility index (Phi) is 4.31. The van der Waals surface area contributed by atoms with E-state index in [1.54, 1.807) is 0 Å². The molecule has 0 saturated carbocycles. The number of hydrogen-bond donors (Lipinski definition) is 1. The Labute approximate surface area is 163 Å². The van der Waals surface area contributed by atoms with Crippen LogP contribution in [-0.2, 0) is 26.6 Å². The number of H-pyrrole nitrogens is 1. The van der Waals surface area contributed by atoms with Crippen LogP contribution < -0.4 is 5.56 Å². The Morgan fingerprint density at radius 1 is 1.18 bits per heavy atom. The summed E-state index contributed by atoms with van der Waals surface area (Å²) >= 11 is 0. The molecular weight excluding hydrogens is 352 g/mol. The minimum absolute atomic E-state index is 0.0242. The molecule has 2 aromatic heterocycles. The first-order valence-corrected chi connectivity index (χ1v) is 9.98. The van der Waals surface area contributed by atoms with Crippen LogP contribution in [0.15, 0.2) is 34.1 Å². The van der Waals surface area contributed by atoms with Crippen LogP contribution in [0, 0.1) is 0 Å². The van der Waals surface area contributed by atoms with Crippen molar-refractivity contribution in [2.75, 3.05) is 13.1 Å². The maximum atomic E-state index is 12.7. The zero-order valence-corrected chi connectivity index (χ0v) is 16.1. The molecule has 0 radical (unpaired) electrons. The van der Waals surface area contributed by atoms with Crippen LogP contribution in [0.3, 0.4) is 0 Å². The van der Waals surface area contributed by atoms with Crippen molar-refractivity contribution in [2.45, 2.75) is 38.8 Å². The van der Waals surface area contributed by atoms with Crippen LogP contribution in [0.4, 0.5) is 0 Å². The summed E-state index contributed by atoms with van der Waals surface area (Å²) in [6.07, 6.45) is 3.92. The third kappa shape index (κ3) is 3.05. The Hall–Kier alpha value is -2.80. The molecule has 7 nitrogen and oxygen atoms in total. The Morgan fingerprint density at radius 2 is 2.07 bits per heavy atom. The van der Waals surface area contributed by atoms with Crippen LogP contribution in [0.25, 0.3) is 10.9 Å². The lowest BCUT2D eigenvalue weighted by atomic mass is 10.0. The van der Waals surface area contributed by atoms with Gasteiger partial charge in [-0.25, -0.2) is 4.98 Å². The maximum absolute atomic E-state index is 12.7. The number of benzene rings is 1. The van der Waals surface area contributed by atoms with Crippen molar-refractivity contribution in [3.05, 3.63) is 57.4 Å². The van der Waals surface area contributed by atoms with Gasteiger partial charge in [0, 0.05) is 45.0 Å². The van der Waals surface area contributed by atoms with Gasteiger partial charge in [-0.05, 0) is 25.3 Å². The largest absolute Gasteiger partial charge is 0.305 e. The number of nitrogens with one attached hydrogen (secondary N) is 1. The second-order valence-corrected chi connectivity index (χ2v) is 7.67. The molecule has 3 aromatic rings. The first-order valence-electron chi connectivity index (χ1n) is 9.98. The molecule has 0 bridgehead atoms. The highest BCUT2D eigenvalue weighted by molar-refractivity contribution is 5.97. The molecule has 0 aliphatic carbocycles. The zero-order chi connectivity index (χ0) is 19.1. The van der Waals surface area contributed by atoms with E-state index in [0.29, 0.717) is 12.4 Å². The third-order valence-corrected chi connectivity index (χ3v) is 5.75. The second-order valence-electron chi connectivity index (χ2n) is 7.67. The van der Waals surface area contributed by atoms with Gasteiger partial charge in [-0.15, -0.1) is 0 Å². The van der Waals surface area contributed by atoms with Gasteiger partial charge < -0.3 is 4.98 Å². The topological polar surface area (TPSA) is 79.2 Å². The highest BCUT2D eigenvalue weighted by Gasteiger charge is 2.24. The van der Waals surface area contributed by atoms with Crippen molar-refractivity contribution in [1.29, 1.82) is 0 Å². The van der Waals surface area contributed by atoms with Crippen molar-refractivity contribution in [3.63, 3.8) is 0 Å². The van der Waals surface area contributed by atoms with Gasteiger partial charge in [0.2, 0.25) is 0 Å². The standard InChI is InChI=1S/C21H24N6O/c1-26-19-8-3-2-6-14(19)18(25-26)13-27-11-9-16-15(12-27)21(28)24-20(23-16)17-7-4-5-10-22-17/h2-3,6,8H,4-5,7,9-13H2,1H3,(H,23,24,28). The predicted octanol–water partition coefficient (Wildman–Crippen LogP) is 2.19. The highest BCUT2D eigenvalue weighted by Crippen LogP contribution is 2.22. The molecule has 0 saturated heterocycles. The molecule has 0 spiro atoms. The van der Waals surface area contributed by atoms with Crippen LogP contribution in [0.5, 0.6) is 0 Å². The van der Waals surface area contributed by atoms with Crippen molar-refractivity contribution >= 4 is 16.6 Å². The Balaban J connectivity index is 1.41. The average molecular weight is 376 g/mol. The van der Waals surface area contributed by atoms with E-state index < -0.39 is 0 Å². The average Bonchev–Trinajstić information content (AvgIpc) is 3.05. The molecule has 0 atom stereocenters. The van der Waals surface area contributed by atoms with E-state index in [0.717, 1.165) is 73.5 Å². The van der Waals surface area contributed by atoms with Crippen LogP contribution in [0.2, 0.25) is 0 Å². The summed E-state index contributed by atoms with van der Waals surface area (Å²) in [5.74, 6) is 0.674. The monoisotopic (exact) mass is 376 g/mol. The number of aliphatic imine (C=N–C) groups is 1. The van der Waals surface area contributed by atoms with E-state index in [9.17, 15) is 4.79 Å². The van der Waals surface area contributed by atoms with Gasteiger partial charge in [0.25, 0.3) is 5.56 Å². The SMILES string of the molecule is Cn1nc(CN2CCc3nc(C4=NCCCC4)[nH]c(=O)c3C2)c2ccccc21. The number of aromatic nitrogens is 4. The van der Waals surface area contributed by atoms with E-state index >= 15 is 0 Å². The minimum atomic E-state index is -0.0242. The predicted molar refractivity (Wildman–Crippen MR) is 109 cm³/mol. The van der Waals surface area contributed by atoms with E-state index in [1.165, 1.54) is 5.39 Å². The van der Waals surface area contributed by atoms with E-state index in [4.69, 9.17) is 10.1 Å². The fraction of sp³-hybridized carbons (Fsp3) is 0.429. The lowest BCUT2D eigenvalue weighted by Crippen LogP contribution is -2.36. The van der Waals surface area contributed by atoms with E-state index in [1.807, 2.05) is 23.9 Å². The Morgan fingerprint density at radius 3 is 2.93 bits per heavy atom. The van der Waals surface area contributed by atoms with Gasteiger partial charge in [-0.3, -0.25) is 19.4 Å². The summed E-state index contributed by atoms with van der Waals surface area (Å²) in [7, 11) is 1.97. The van der Waals surface area contributed by atoms with Gasteiger partial charge >= 0.3 is 0 Å². The molecule has 5 rings (SSSR count). The first-order chi connectivity index (χ1) is 13.7. The van der Waals surface area contributed by atoms with Crippen LogP contribution in [-0.4, -0.2) is 43.4 Å². The molecule has 28 heavy (non-hydrogen) atoms. The summed E-state index contributed by atoms with van der Waals surface area (Å²) in [5, 5.41) is 5.87. The zero-order valence-electron chi connectivity index (χ0n) is 16.1. The van der Waals surface area contributed by atoms with Crippen LogP contribution >= 0.6 is 0 Å². The van der Waals surface area contributed by atoms with E-state index in [-0.39, 0.29) is 5.56 Å². The van der Waals surface area contributed by atoms with E-state index in [2.05, 4.69) is 27.0 Å². The maximum Gasteiger partial charge on any atom is 0.255 e. The van der Waals surface area contributed by atoms with Gasteiger partial charge in [0.05, 0.1) is 28.2 Å². The summed E-state index contributed by atoms with van der Waals surface area (Å²) in [5.41, 5.74) is 4.82. The van der Waals surface area contributed by atoms with Gasteiger partial charge in [0.15, 0.2) is 5.82 Å². The molecule has 1 N–H and O–H groups in total. The molecule has 0 unspecified atom stereocenters. The second kappa shape index (κ2) is 6.98. The van der Waals surface area contributed by atoms with Crippen LogP contribution in [0.1, 0.15) is 42.0 Å². The number of aromatic amines is 1. The molecule has 7 heteroatoms. The lowest BCUT2D eigenvalue weighted by Gasteiger charge is -2.27. The Bertz CT molecular complexity index is 1130. The first kappa shape index (κ1) is 17.3. The number of fused-ring (bicyclic) bond motifs is 2. The van der Waals surface area contributed by atoms with Gasteiger partial charge in [0.1, 0.15) is 0 Å². The molecule has 1 aromatic carbocycles. The molecule has 4 heterocycles. The summed E-state index contributed by atoms with van der Waals surface area (Å²) < 4.78 is 1.92. The normalized spacial score (nSPS) is 17.5. The summed E-state index contributed by atoms with van der Waals surface area (Å²) in [6, 6.07) is 8.27. The number of para-hydroxylation sites is 1. The summed E-state index contributed by atoms with van der Waals surface area (Å²) in [6.45, 7) is 3.05. The highest BCUT2D eigenvalue weighted by atomic mass is 16.1. The van der Waals surface area contributed by atoms with Crippen molar-refractivity contribution < 1.29 is 0 Å². The van der Waals surface area contributed by atoms with Gasteiger partial charge in [-0.1, -0.05) is 18.2 Å². The quantitative estimate of drug-likeness (QED) is 0.760. The summed E-state index contributed by atoms with van der Waals surface area (Å²) in [4.78, 5) is 27.3. The molecule has 144 valence electrons. The smallest absolute Gasteiger partial charge is 0.255 e. The van der Waals surface area contributed by atoms with Crippen molar-refractivity contribution in [2.24, 2.45) is 12.0 Å². The number of aryl methyl sites for hydroxylation is 1. The third-order valence-electron chi connectivity index (χ3n) is 5.75.